The SMILES string of the molecule is CC1=CS(=N)N(CCc2ccc(Cl)nc2)C1C. The van der Waals surface area contributed by atoms with Gasteiger partial charge in [-0.1, -0.05) is 17.7 Å². The van der Waals surface area contributed by atoms with Gasteiger partial charge in [-0.3, -0.25) is 4.78 Å². The highest BCUT2D eigenvalue weighted by Crippen LogP contribution is 2.22. The van der Waals surface area contributed by atoms with Crippen molar-refractivity contribution in [2.45, 2.75) is 26.3 Å². The molecule has 2 atom stereocenters. The summed E-state index contributed by atoms with van der Waals surface area (Å²) in [5.41, 5.74) is 2.47. The van der Waals surface area contributed by atoms with E-state index in [0.717, 1.165) is 13.0 Å². The molecule has 17 heavy (non-hydrogen) atoms. The van der Waals surface area contributed by atoms with Gasteiger partial charge in [-0.25, -0.2) is 9.29 Å². The summed E-state index contributed by atoms with van der Waals surface area (Å²) in [6, 6.07) is 4.20. The van der Waals surface area contributed by atoms with E-state index in [0.29, 0.717) is 11.2 Å². The average molecular weight is 270 g/mol. The largest absolute Gasteiger partial charge is 0.261 e. The quantitative estimate of drug-likeness (QED) is 0.856. The van der Waals surface area contributed by atoms with E-state index in [1.165, 1.54) is 11.1 Å². The summed E-state index contributed by atoms with van der Waals surface area (Å²) >= 11 is 5.75. The van der Waals surface area contributed by atoms with Crippen LogP contribution in [0.3, 0.4) is 0 Å². The fraction of sp³-hybridized carbons (Fsp3) is 0.417. The summed E-state index contributed by atoms with van der Waals surface area (Å²) in [5, 5.41) is 2.58. The van der Waals surface area contributed by atoms with Crippen molar-refractivity contribution in [3.63, 3.8) is 0 Å². The molecule has 92 valence electrons. The number of rotatable bonds is 3. The van der Waals surface area contributed by atoms with Crippen molar-refractivity contribution in [3.8, 4) is 0 Å². The average Bonchev–Trinajstić information content (AvgIpc) is 2.54. The van der Waals surface area contributed by atoms with E-state index in [-0.39, 0.29) is 0 Å². The van der Waals surface area contributed by atoms with Crippen LogP contribution in [-0.4, -0.2) is 21.9 Å². The van der Waals surface area contributed by atoms with Crippen LogP contribution in [0.4, 0.5) is 0 Å². The molecule has 0 bridgehead atoms. The first-order chi connectivity index (χ1) is 8.08. The van der Waals surface area contributed by atoms with E-state index in [4.69, 9.17) is 16.4 Å². The lowest BCUT2D eigenvalue weighted by Crippen LogP contribution is -2.31. The summed E-state index contributed by atoms with van der Waals surface area (Å²) in [6.07, 6.45) is 2.73. The molecule has 0 fully saturated rings. The predicted molar refractivity (Wildman–Crippen MR) is 73.0 cm³/mol. The molecule has 1 aromatic rings. The highest BCUT2D eigenvalue weighted by molar-refractivity contribution is 7.87. The molecule has 0 amide bonds. The van der Waals surface area contributed by atoms with E-state index in [1.807, 2.05) is 23.7 Å². The van der Waals surface area contributed by atoms with Crippen LogP contribution in [0.25, 0.3) is 0 Å². The van der Waals surface area contributed by atoms with Gasteiger partial charge in [0.05, 0.1) is 0 Å². The van der Waals surface area contributed by atoms with Crippen molar-refractivity contribution in [2.75, 3.05) is 6.54 Å². The van der Waals surface area contributed by atoms with Crippen molar-refractivity contribution >= 4 is 22.5 Å². The minimum Gasteiger partial charge on any atom is -0.261 e. The van der Waals surface area contributed by atoms with Crippen LogP contribution >= 0.6 is 11.6 Å². The molecular formula is C12H16ClN3S. The molecule has 1 aromatic heterocycles. The molecule has 3 nitrogen and oxygen atoms in total. The van der Waals surface area contributed by atoms with E-state index in [9.17, 15) is 0 Å². The van der Waals surface area contributed by atoms with Crippen LogP contribution in [0.15, 0.2) is 29.3 Å². The number of aromatic nitrogens is 1. The number of nitrogens with one attached hydrogen (secondary N) is 1. The molecule has 2 unspecified atom stereocenters. The topological polar surface area (TPSA) is 40.0 Å². The van der Waals surface area contributed by atoms with Gasteiger partial charge >= 0.3 is 0 Å². The van der Waals surface area contributed by atoms with Gasteiger partial charge in [0.1, 0.15) is 5.15 Å². The highest BCUT2D eigenvalue weighted by atomic mass is 35.5. The molecule has 5 heteroatoms. The summed E-state index contributed by atoms with van der Waals surface area (Å²) in [5.74, 6) is 0. The molecule has 0 spiro atoms. The first kappa shape index (κ1) is 12.7. The van der Waals surface area contributed by atoms with Gasteiger partial charge in [-0.2, -0.15) is 0 Å². The predicted octanol–water partition coefficient (Wildman–Crippen LogP) is 3.18. The van der Waals surface area contributed by atoms with Gasteiger partial charge in [0.2, 0.25) is 0 Å². The minimum atomic E-state index is -0.474. The Morgan fingerprint density at radius 2 is 2.29 bits per heavy atom. The van der Waals surface area contributed by atoms with Crippen LogP contribution in [-0.2, 0) is 17.3 Å². The molecule has 1 aliphatic rings. The number of hydrogen-bond donors (Lipinski definition) is 1. The molecule has 2 heterocycles. The van der Waals surface area contributed by atoms with Crippen molar-refractivity contribution in [1.29, 1.82) is 4.78 Å². The van der Waals surface area contributed by atoms with E-state index in [2.05, 4.69) is 23.1 Å². The summed E-state index contributed by atoms with van der Waals surface area (Å²) in [4.78, 5) is 4.07. The second-order valence-electron chi connectivity index (χ2n) is 4.23. The Bertz CT molecular complexity index is 455. The first-order valence-electron chi connectivity index (χ1n) is 5.58. The van der Waals surface area contributed by atoms with Gasteiger partial charge in [0.25, 0.3) is 0 Å². The molecular weight excluding hydrogens is 254 g/mol. The lowest BCUT2D eigenvalue weighted by molar-refractivity contribution is 0.421. The third kappa shape index (κ3) is 2.94. The van der Waals surface area contributed by atoms with Gasteiger partial charge in [-0.05, 0) is 53.8 Å². The van der Waals surface area contributed by atoms with Crippen LogP contribution in [0.5, 0.6) is 0 Å². The molecule has 0 aromatic carbocycles. The Morgan fingerprint density at radius 1 is 1.53 bits per heavy atom. The fourth-order valence-corrected chi connectivity index (χ4v) is 3.42. The zero-order valence-corrected chi connectivity index (χ0v) is 11.6. The Hall–Kier alpha value is -0.710. The monoisotopic (exact) mass is 269 g/mol. The van der Waals surface area contributed by atoms with Crippen molar-refractivity contribution < 1.29 is 0 Å². The Morgan fingerprint density at radius 3 is 2.82 bits per heavy atom. The third-order valence-corrected chi connectivity index (χ3v) is 4.87. The van der Waals surface area contributed by atoms with Crippen molar-refractivity contribution in [3.05, 3.63) is 40.0 Å². The molecule has 2 rings (SSSR count). The molecule has 0 saturated carbocycles. The Kier molecular flexibility index (Phi) is 3.97. The maximum Gasteiger partial charge on any atom is 0.129 e. The van der Waals surface area contributed by atoms with E-state index in [1.54, 1.807) is 0 Å². The molecule has 0 aliphatic carbocycles. The van der Waals surface area contributed by atoms with Crippen LogP contribution < -0.4 is 0 Å². The molecule has 1 N–H and O–H groups in total. The fourth-order valence-electron chi connectivity index (χ4n) is 1.83. The number of hydrogen-bond acceptors (Lipinski definition) is 2. The second kappa shape index (κ2) is 5.29. The van der Waals surface area contributed by atoms with Crippen molar-refractivity contribution in [2.24, 2.45) is 0 Å². The van der Waals surface area contributed by atoms with Crippen molar-refractivity contribution in [1.82, 2.24) is 9.29 Å². The van der Waals surface area contributed by atoms with E-state index < -0.39 is 10.9 Å². The standard InChI is InChI=1S/C12H16ClN3S/c1-9-8-17(14)16(10(9)2)6-5-11-3-4-12(13)15-7-11/h3-4,7-8,10,14H,5-6H2,1-2H3. The maximum atomic E-state index is 7.99. The Labute approximate surface area is 110 Å². The lowest BCUT2D eigenvalue weighted by Gasteiger charge is -2.22. The highest BCUT2D eigenvalue weighted by Gasteiger charge is 2.23. The second-order valence-corrected chi connectivity index (χ2v) is 5.95. The summed E-state index contributed by atoms with van der Waals surface area (Å²) in [6.45, 7) is 5.15. The van der Waals surface area contributed by atoms with Gasteiger partial charge in [-0.15, -0.1) is 0 Å². The first-order valence-corrected chi connectivity index (χ1v) is 7.20. The van der Waals surface area contributed by atoms with Gasteiger partial charge < -0.3 is 0 Å². The van der Waals surface area contributed by atoms with Crippen LogP contribution in [0, 0.1) is 4.78 Å². The zero-order chi connectivity index (χ0) is 12.4. The number of nitrogens with zero attached hydrogens (tertiary/aromatic N) is 2. The maximum absolute atomic E-state index is 7.99. The Balaban J connectivity index is 1.95. The molecule has 0 saturated heterocycles. The lowest BCUT2D eigenvalue weighted by atomic mass is 10.1. The third-order valence-electron chi connectivity index (χ3n) is 3.05. The molecule has 1 aliphatic heterocycles. The van der Waals surface area contributed by atoms with Crippen LogP contribution in [0.2, 0.25) is 5.15 Å². The molecule has 0 radical (unpaired) electrons. The van der Waals surface area contributed by atoms with Gasteiger partial charge in [0, 0.05) is 18.8 Å². The number of pyridine rings is 1. The normalized spacial score (nSPS) is 25.0. The van der Waals surface area contributed by atoms with E-state index >= 15 is 0 Å². The van der Waals surface area contributed by atoms with Gasteiger partial charge in [0.15, 0.2) is 0 Å². The zero-order valence-electron chi connectivity index (χ0n) is 9.98. The van der Waals surface area contributed by atoms with Crippen LogP contribution in [0.1, 0.15) is 19.4 Å². The number of halogens is 1. The summed E-state index contributed by atoms with van der Waals surface area (Å²) < 4.78 is 10.2. The smallest absolute Gasteiger partial charge is 0.129 e. The summed E-state index contributed by atoms with van der Waals surface area (Å²) in [7, 11) is -0.474. The minimum absolute atomic E-state index is 0.385.